The van der Waals surface area contributed by atoms with Gasteiger partial charge in [0.25, 0.3) is 0 Å². The van der Waals surface area contributed by atoms with E-state index in [2.05, 4.69) is 33.4 Å². The number of benzene rings is 2. The largest absolute Gasteiger partial charge is 0.365 e. The molecule has 5 heteroatoms. The van der Waals surface area contributed by atoms with Gasteiger partial charge in [0.05, 0.1) is 0 Å². The van der Waals surface area contributed by atoms with Crippen LogP contribution >= 0.6 is 15.9 Å². The molecule has 25 heavy (non-hydrogen) atoms. The van der Waals surface area contributed by atoms with Gasteiger partial charge in [-0.1, -0.05) is 42.5 Å². The Hall–Kier alpha value is -2.66. The molecule has 0 fully saturated rings. The highest BCUT2D eigenvalue weighted by Crippen LogP contribution is 2.30. The molecule has 2 heterocycles. The van der Waals surface area contributed by atoms with Gasteiger partial charge in [0.15, 0.2) is 0 Å². The third-order valence-corrected chi connectivity index (χ3v) is 4.45. The molecule has 0 aliphatic rings. The topological polar surface area (TPSA) is 29.3 Å². The maximum absolute atomic E-state index is 13.7. The highest BCUT2D eigenvalue weighted by Gasteiger charge is 2.14. The molecule has 3 nitrogen and oxygen atoms in total. The van der Waals surface area contributed by atoms with Crippen molar-refractivity contribution in [2.45, 2.75) is 6.54 Å². The summed E-state index contributed by atoms with van der Waals surface area (Å²) in [6.45, 7) is 0.656. The Bertz CT molecular complexity index is 1030. The first-order valence-corrected chi connectivity index (χ1v) is 8.71. The summed E-state index contributed by atoms with van der Waals surface area (Å²) in [6, 6.07) is 20.5. The Morgan fingerprint density at radius 2 is 1.84 bits per heavy atom. The van der Waals surface area contributed by atoms with Gasteiger partial charge in [-0.3, -0.25) is 4.40 Å². The molecule has 0 saturated carbocycles. The van der Waals surface area contributed by atoms with Crippen molar-refractivity contribution in [2.75, 3.05) is 5.32 Å². The lowest BCUT2D eigenvalue weighted by atomic mass is 10.1. The van der Waals surface area contributed by atoms with E-state index in [1.165, 1.54) is 12.1 Å². The first-order valence-electron chi connectivity index (χ1n) is 7.92. The van der Waals surface area contributed by atoms with Gasteiger partial charge >= 0.3 is 0 Å². The minimum Gasteiger partial charge on any atom is -0.365 e. The number of hydrogen-bond donors (Lipinski definition) is 1. The average molecular weight is 396 g/mol. The third-order valence-electron chi connectivity index (χ3n) is 3.98. The van der Waals surface area contributed by atoms with Crippen molar-refractivity contribution in [3.8, 4) is 11.3 Å². The number of imidazole rings is 1. The van der Waals surface area contributed by atoms with Crippen molar-refractivity contribution < 1.29 is 4.39 Å². The maximum Gasteiger partial charge on any atom is 0.139 e. The number of nitrogens with one attached hydrogen (secondary N) is 1. The monoisotopic (exact) mass is 395 g/mol. The molecule has 0 aliphatic carbocycles. The number of fused-ring (bicyclic) bond motifs is 1. The molecule has 4 aromatic rings. The van der Waals surface area contributed by atoms with Crippen LogP contribution in [0.4, 0.5) is 10.2 Å². The number of halogens is 2. The fourth-order valence-electron chi connectivity index (χ4n) is 2.81. The van der Waals surface area contributed by atoms with E-state index in [4.69, 9.17) is 4.98 Å². The van der Waals surface area contributed by atoms with E-state index in [1.807, 2.05) is 47.0 Å². The molecular formula is C20H15BrFN3. The first kappa shape index (κ1) is 15.8. The van der Waals surface area contributed by atoms with Crippen LogP contribution in [0.15, 0.2) is 77.4 Å². The normalized spacial score (nSPS) is 11.0. The van der Waals surface area contributed by atoms with Crippen LogP contribution in [0.5, 0.6) is 0 Å². The molecule has 0 saturated heterocycles. The summed E-state index contributed by atoms with van der Waals surface area (Å²) in [6.07, 6.45) is 1.96. The lowest BCUT2D eigenvalue weighted by Crippen LogP contribution is -2.03. The summed E-state index contributed by atoms with van der Waals surface area (Å²) in [5.41, 5.74) is 3.44. The highest BCUT2D eigenvalue weighted by molar-refractivity contribution is 9.10. The Morgan fingerprint density at radius 1 is 1.00 bits per heavy atom. The van der Waals surface area contributed by atoms with Crippen LogP contribution in [-0.2, 0) is 6.54 Å². The molecule has 2 aromatic carbocycles. The fourth-order valence-corrected chi connectivity index (χ4v) is 3.14. The van der Waals surface area contributed by atoms with Gasteiger partial charge in [0.1, 0.15) is 23.0 Å². The van der Waals surface area contributed by atoms with Gasteiger partial charge in [-0.15, -0.1) is 0 Å². The number of hydrogen-bond acceptors (Lipinski definition) is 2. The molecule has 0 spiro atoms. The molecular weight excluding hydrogens is 381 g/mol. The SMILES string of the molecule is Fc1cccc(-c2nc3ccc(Br)cn3c2NCc2ccccc2)c1. The van der Waals surface area contributed by atoms with Crippen molar-refractivity contribution in [1.29, 1.82) is 0 Å². The quantitative estimate of drug-likeness (QED) is 0.493. The second-order valence-electron chi connectivity index (χ2n) is 5.73. The Labute approximate surface area is 153 Å². The van der Waals surface area contributed by atoms with E-state index in [0.717, 1.165) is 32.8 Å². The molecule has 0 radical (unpaired) electrons. The van der Waals surface area contributed by atoms with Crippen molar-refractivity contribution in [2.24, 2.45) is 0 Å². The predicted molar refractivity (Wildman–Crippen MR) is 102 cm³/mol. The maximum atomic E-state index is 13.7. The number of rotatable bonds is 4. The van der Waals surface area contributed by atoms with E-state index in [0.29, 0.717) is 6.54 Å². The van der Waals surface area contributed by atoms with Crippen molar-refractivity contribution >= 4 is 27.4 Å². The average Bonchev–Trinajstić information content (AvgIpc) is 2.98. The van der Waals surface area contributed by atoms with Gasteiger partial charge in [0, 0.05) is 22.8 Å². The van der Waals surface area contributed by atoms with Crippen LogP contribution < -0.4 is 5.32 Å². The standard InChI is InChI=1S/C20H15BrFN3/c21-16-9-10-18-24-19(15-7-4-8-17(22)11-15)20(25(18)13-16)23-12-14-5-2-1-3-6-14/h1-11,13,23H,12H2. The van der Waals surface area contributed by atoms with Crippen LogP contribution in [-0.4, -0.2) is 9.38 Å². The zero-order valence-electron chi connectivity index (χ0n) is 13.3. The number of pyridine rings is 1. The molecule has 1 N–H and O–H groups in total. The van der Waals surface area contributed by atoms with E-state index < -0.39 is 0 Å². The molecule has 2 aromatic heterocycles. The predicted octanol–water partition coefficient (Wildman–Crippen LogP) is 5.52. The lowest BCUT2D eigenvalue weighted by Gasteiger charge is -2.09. The fraction of sp³-hybridized carbons (Fsp3) is 0.0500. The minimum absolute atomic E-state index is 0.273. The first-order chi connectivity index (χ1) is 12.2. The molecule has 0 unspecified atom stereocenters. The van der Waals surface area contributed by atoms with Gasteiger partial charge in [0.2, 0.25) is 0 Å². The smallest absolute Gasteiger partial charge is 0.139 e. The third kappa shape index (κ3) is 3.28. The van der Waals surface area contributed by atoms with E-state index in [9.17, 15) is 4.39 Å². The molecule has 124 valence electrons. The lowest BCUT2D eigenvalue weighted by molar-refractivity contribution is 0.628. The van der Waals surface area contributed by atoms with Crippen molar-refractivity contribution in [3.63, 3.8) is 0 Å². The number of aromatic nitrogens is 2. The molecule has 0 bridgehead atoms. The Balaban J connectivity index is 1.81. The summed E-state index contributed by atoms with van der Waals surface area (Å²) >= 11 is 3.50. The van der Waals surface area contributed by atoms with E-state index >= 15 is 0 Å². The zero-order valence-corrected chi connectivity index (χ0v) is 14.9. The second-order valence-corrected chi connectivity index (χ2v) is 6.65. The minimum atomic E-state index is -0.273. The summed E-state index contributed by atoms with van der Waals surface area (Å²) < 4.78 is 16.6. The molecule has 0 amide bonds. The van der Waals surface area contributed by atoms with Crippen LogP contribution in [0.2, 0.25) is 0 Å². The second kappa shape index (κ2) is 6.69. The van der Waals surface area contributed by atoms with Gasteiger partial charge < -0.3 is 5.32 Å². The summed E-state index contributed by atoms with van der Waals surface area (Å²) in [7, 11) is 0. The summed E-state index contributed by atoms with van der Waals surface area (Å²) in [4.78, 5) is 4.69. The molecule has 0 atom stereocenters. The van der Waals surface area contributed by atoms with E-state index in [1.54, 1.807) is 6.07 Å². The molecule has 4 rings (SSSR count). The van der Waals surface area contributed by atoms with Crippen LogP contribution in [0.25, 0.3) is 16.9 Å². The van der Waals surface area contributed by atoms with Gasteiger partial charge in [-0.2, -0.15) is 0 Å². The Kier molecular flexibility index (Phi) is 4.24. The van der Waals surface area contributed by atoms with Gasteiger partial charge in [-0.05, 0) is 45.8 Å². The van der Waals surface area contributed by atoms with Crippen molar-refractivity contribution in [3.05, 3.63) is 88.8 Å². The Morgan fingerprint density at radius 3 is 2.64 bits per heavy atom. The van der Waals surface area contributed by atoms with Gasteiger partial charge in [-0.25, -0.2) is 9.37 Å². The van der Waals surface area contributed by atoms with Crippen molar-refractivity contribution in [1.82, 2.24) is 9.38 Å². The van der Waals surface area contributed by atoms with Crippen LogP contribution in [0.3, 0.4) is 0 Å². The van der Waals surface area contributed by atoms with E-state index in [-0.39, 0.29) is 5.82 Å². The van der Waals surface area contributed by atoms with Crippen LogP contribution in [0.1, 0.15) is 5.56 Å². The summed E-state index contributed by atoms with van der Waals surface area (Å²) in [5, 5.41) is 3.45. The van der Waals surface area contributed by atoms with Crippen LogP contribution in [0, 0.1) is 5.82 Å². The highest BCUT2D eigenvalue weighted by atomic mass is 79.9. The summed E-state index contributed by atoms with van der Waals surface area (Å²) in [5.74, 6) is 0.565. The number of anilines is 1. The number of nitrogens with zero attached hydrogens (tertiary/aromatic N) is 2. The molecule has 0 aliphatic heterocycles. The zero-order chi connectivity index (χ0) is 17.2.